The zero-order valence-corrected chi connectivity index (χ0v) is 30.8. The smallest absolute Gasteiger partial charge is 0.237 e. The van der Waals surface area contributed by atoms with E-state index >= 15 is 0 Å². The Labute approximate surface area is 329 Å². The Balaban J connectivity index is 1.13. The van der Waals surface area contributed by atoms with Gasteiger partial charge in [0.15, 0.2) is 5.65 Å². The summed E-state index contributed by atoms with van der Waals surface area (Å²) in [4.78, 5) is 21.8. The van der Waals surface area contributed by atoms with E-state index < -0.39 is 0 Å². The molecule has 6 heteroatoms. The molecule has 13 aromatic rings. The Morgan fingerprint density at radius 3 is 0.931 bits per heavy atom. The van der Waals surface area contributed by atoms with Gasteiger partial charge in [-0.25, -0.2) is 9.97 Å². The molecule has 0 atom stereocenters. The Bertz CT molecular complexity index is 3540. The summed E-state index contributed by atoms with van der Waals surface area (Å²) in [5.74, 6) is 1.17. The summed E-state index contributed by atoms with van der Waals surface area (Å²) in [5, 5.41) is 15.3. The molecular formula is C52H28N6. The number of aromatic nitrogens is 6. The molecule has 266 valence electrons. The lowest BCUT2D eigenvalue weighted by Gasteiger charge is -2.11. The second-order valence-corrected chi connectivity index (χ2v) is 15.4. The third-order valence-corrected chi connectivity index (χ3v) is 12.5. The summed E-state index contributed by atoms with van der Waals surface area (Å²) >= 11 is 0. The summed E-state index contributed by atoms with van der Waals surface area (Å²) in [7, 11) is 0. The van der Waals surface area contributed by atoms with E-state index in [0.29, 0.717) is 17.5 Å². The van der Waals surface area contributed by atoms with Gasteiger partial charge >= 0.3 is 0 Å². The summed E-state index contributed by atoms with van der Waals surface area (Å²) < 4.78 is 4.47. The van der Waals surface area contributed by atoms with Gasteiger partial charge in [-0.2, -0.15) is 9.97 Å². The maximum absolute atomic E-state index is 5.44. The minimum absolute atomic E-state index is 0.583. The number of hydrogen-bond donors (Lipinski definition) is 0. The minimum atomic E-state index is 0.583. The molecule has 0 bridgehead atoms. The van der Waals surface area contributed by atoms with Gasteiger partial charge in [-0.3, -0.25) is 9.13 Å². The first-order chi connectivity index (χ1) is 28.8. The predicted octanol–water partition coefficient (Wildman–Crippen LogP) is 12.9. The molecule has 0 N–H and O–H groups in total. The first-order valence-electron chi connectivity index (χ1n) is 19.7. The summed E-state index contributed by atoms with van der Waals surface area (Å²) in [6, 6.07) is 60.7. The first-order valence-corrected chi connectivity index (χ1v) is 19.7. The predicted molar refractivity (Wildman–Crippen MR) is 238 cm³/mol. The van der Waals surface area contributed by atoms with Crippen molar-refractivity contribution in [3.63, 3.8) is 0 Å². The standard InChI is InChI=1S/C52H28N6/c1-5-15-33-29(11-1)21-25-39-43(33)44-34-16-6-2-12-30(34)22-26-40(44)57(39)51-53-48-37-19-9-10-20-38(37)49-47(48)50(55-51)56-52(54-49)58-41-27-23-31-13-3-7-17-35(31)45(41)46-36-18-8-4-14-32(36)24-28-42(46)58/h1-28H. The number of fused-ring (bicyclic) bond motifs is 17. The van der Waals surface area contributed by atoms with Crippen LogP contribution in [0.25, 0.3) is 132 Å². The average molecular weight is 737 g/mol. The molecule has 9 aromatic carbocycles. The van der Waals surface area contributed by atoms with Crippen LogP contribution < -0.4 is 0 Å². The fourth-order valence-corrected chi connectivity index (χ4v) is 10.0. The Morgan fingerprint density at radius 1 is 0.276 bits per heavy atom. The van der Waals surface area contributed by atoms with Gasteiger partial charge in [0.2, 0.25) is 11.9 Å². The molecular weight excluding hydrogens is 709 g/mol. The Kier molecular flexibility index (Phi) is 5.68. The lowest BCUT2D eigenvalue weighted by molar-refractivity contribution is 0.976. The largest absolute Gasteiger partial charge is 0.278 e. The molecule has 0 unspecified atom stereocenters. The van der Waals surface area contributed by atoms with Crippen LogP contribution in [0.4, 0.5) is 0 Å². The lowest BCUT2D eigenvalue weighted by Crippen LogP contribution is -2.06. The maximum Gasteiger partial charge on any atom is 0.237 e. The number of hydrogen-bond acceptors (Lipinski definition) is 4. The fourth-order valence-electron chi connectivity index (χ4n) is 10.0. The maximum atomic E-state index is 5.44. The molecule has 58 heavy (non-hydrogen) atoms. The SMILES string of the molecule is c1ccc2c(c1)-c1nc(-n3c4ccc5ccccc5c4c4c5ccccc5ccc43)nc3nc(-n4c5ccc6ccccc6c5c5c6ccccc6ccc54)nc-2c13. The molecule has 0 amide bonds. The highest BCUT2D eigenvalue weighted by atomic mass is 15.2. The van der Waals surface area contributed by atoms with Crippen molar-refractivity contribution >= 4 is 97.7 Å². The molecule has 0 radical (unpaired) electrons. The molecule has 0 spiro atoms. The van der Waals surface area contributed by atoms with Crippen LogP contribution in [0.3, 0.4) is 0 Å². The third kappa shape index (κ3) is 3.81. The highest BCUT2D eigenvalue weighted by molar-refractivity contribution is 6.30. The molecule has 1 aliphatic carbocycles. The van der Waals surface area contributed by atoms with Crippen molar-refractivity contribution in [3.05, 3.63) is 170 Å². The van der Waals surface area contributed by atoms with Gasteiger partial charge in [-0.05, 0) is 67.4 Å². The molecule has 0 fully saturated rings. The third-order valence-electron chi connectivity index (χ3n) is 12.5. The molecule has 4 aromatic heterocycles. The second-order valence-electron chi connectivity index (χ2n) is 15.4. The van der Waals surface area contributed by atoms with Gasteiger partial charge in [-0.15, -0.1) is 0 Å². The van der Waals surface area contributed by atoms with Gasteiger partial charge in [0.1, 0.15) is 0 Å². The van der Waals surface area contributed by atoms with Crippen LogP contribution >= 0.6 is 0 Å². The number of benzene rings is 9. The highest BCUT2D eigenvalue weighted by Gasteiger charge is 2.30. The van der Waals surface area contributed by atoms with Gasteiger partial charge < -0.3 is 0 Å². The summed E-state index contributed by atoms with van der Waals surface area (Å²) in [6.45, 7) is 0. The van der Waals surface area contributed by atoms with Crippen molar-refractivity contribution in [1.82, 2.24) is 29.1 Å². The molecule has 0 aliphatic heterocycles. The second kappa shape index (κ2) is 10.9. The van der Waals surface area contributed by atoms with Gasteiger partial charge in [-0.1, -0.05) is 146 Å². The van der Waals surface area contributed by atoms with Crippen LogP contribution in [0.1, 0.15) is 0 Å². The van der Waals surface area contributed by atoms with Gasteiger partial charge in [0.05, 0.1) is 38.8 Å². The molecule has 0 saturated heterocycles. The van der Waals surface area contributed by atoms with Gasteiger partial charge in [0, 0.05) is 32.7 Å². The van der Waals surface area contributed by atoms with Gasteiger partial charge in [0.25, 0.3) is 0 Å². The van der Waals surface area contributed by atoms with Crippen molar-refractivity contribution in [3.8, 4) is 34.4 Å². The first kappa shape index (κ1) is 30.3. The molecule has 14 rings (SSSR count). The zero-order chi connectivity index (χ0) is 37.6. The van der Waals surface area contributed by atoms with E-state index in [2.05, 4.69) is 179 Å². The van der Waals surface area contributed by atoms with E-state index in [4.69, 9.17) is 19.9 Å². The van der Waals surface area contributed by atoms with Crippen LogP contribution in [-0.2, 0) is 0 Å². The van der Waals surface area contributed by atoms with Crippen molar-refractivity contribution in [1.29, 1.82) is 0 Å². The van der Waals surface area contributed by atoms with Crippen molar-refractivity contribution < 1.29 is 0 Å². The average Bonchev–Trinajstić information content (AvgIpc) is 3.93. The summed E-state index contributed by atoms with van der Waals surface area (Å²) in [5.41, 5.74) is 8.61. The fraction of sp³-hybridized carbons (Fsp3) is 0. The van der Waals surface area contributed by atoms with Crippen LogP contribution in [0.2, 0.25) is 0 Å². The molecule has 1 aliphatic rings. The molecule has 0 saturated carbocycles. The molecule has 4 heterocycles. The van der Waals surface area contributed by atoms with E-state index in [-0.39, 0.29) is 0 Å². The van der Waals surface area contributed by atoms with E-state index in [1.807, 2.05) is 0 Å². The van der Waals surface area contributed by atoms with Crippen LogP contribution in [-0.4, -0.2) is 29.1 Å². The van der Waals surface area contributed by atoms with E-state index in [0.717, 1.165) is 50.0 Å². The normalized spacial score (nSPS) is 12.5. The number of rotatable bonds is 2. The van der Waals surface area contributed by atoms with Crippen LogP contribution in [0.5, 0.6) is 0 Å². The quantitative estimate of drug-likeness (QED) is 0.177. The topological polar surface area (TPSA) is 61.4 Å². The van der Waals surface area contributed by atoms with E-state index in [9.17, 15) is 0 Å². The minimum Gasteiger partial charge on any atom is -0.278 e. The van der Waals surface area contributed by atoms with E-state index in [1.54, 1.807) is 0 Å². The van der Waals surface area contributed by atoms with Crippen molar-refractivity contribution in [2.45, 2.75) is 0 Å². The van der Waals surface area contributed by atoms with Crippen molar-refractivity contribution in [2.24, 2.45) is 0 Å². The lowest BCUT2D eigenvalue weighted by atomic mass is 10.00. The highest BCUT2D eigenvalue weighted by Crippen LogP contribution is 2.47. The number of nitrogens with zero attached hydrogens (tertiary/aromatic N) is 6. The van der Waals surface area contributed by atoms with Crippen LogP contribution in [0.15, 0.2) is 170 Å². The monoisotopic (exact) mass is 736 g/mol. The van der Waals surface area contributed by atoms with Crippen LogP contribution in [0, 0.1) is 0 Å². The molecule has 6 nitrogen and oxygen atoms in total. The summed E-state index contributed by atoms with van der Waals surface area (Å²) in [6.07, 6.45) is 0. The zero-order valence-electron chi connectivity index (χ0n) is 30.8. The van der Waals surface area contributed by atoms with E-state index in [1.165, 1.54) is 64.6 Å². The Hall–Kier alpha value is -7.96. The van der Waals surface area contributed by atoms with Crippen molar-refractivity contribution in [2.75, 3.05) is 0 Å². The Morgan fingerprint density at radius 2 is 0.586 bits per heavy atom.